The summed E-state index contributed by atoms with van der Waals surface area (Å²) in [4.78, 5) is 22.4. The van der Waals surface area contributed by atoms with E-state index in [1.54, 1.807) is 7.11 Å². The van der Waals surface area contributed by atoms with E-state index in [0.717, 1.165) is 11.3 Å². The van der Waals surface area contributed by atoms with E-state index in [1.165, 1.54) is 0 Å². The minimum absolute atomic E-state index is 0.0221. The van der Waals surface area contributed by atoms with E-state index < -0.39 is 5.97 Å². The topological polar surface area (TPSA) is 75.6 Å². The largest absolute Gasteiger partial charge is 0.497 e. The number of methoxy groups -OCH3 is 1. The van der Waals surface area contributed by atoms with Crippen LogP contribution in [0.5, 0.6) is 5.75 Å². The van der Waals surface area contributed by atoms with Gasteiger partial charge in [0.2, 0.25) is 5.91 Å². The molecule has 0 atom stereocenters. The maximum Gasteiger partial charge on any atom is 0.306 e. The van der Waals surface area contributed by atoms with E-state index in [4.69, 9.17) is 9.84 Å². The van der Waals surface area contributed by atoms with Gasteiger partial charge in [-0.3, -0.25) is 9.59 Å². The van der Waals surface area contributed by atoms with Crippen molar-refractivity contribution in [1.82, 2.24) is 5.32 Å². The summed E-state index contributed by atoms with van der Waals surface area (Å²) in [6.07, 6.45) is 2.14. The molecule has 0 aliphatic heterocycles. The Hall–Kier alpha value is -2.04. The minimum atomic E-state index is -0.771. The van der Waals surface area contributed by atoms with Gasteiger partial charge in [-0.1, -0.05) is 12.1 Å². The molecule has 1 fully saturated rings. The number of carbonyl (C=O) groups is 2. The first-order valence-corrected chi connectivity index (χ1v) is 6.73. The molecule has 1 amide bonds. The van der Waals surface area contributed by atoms with Gasteiger partial charge in [0, 0.05) is 12.5 Å². The summed E-state index contributed by atoms with van der Waals surface area (Å²) in [5, 5.41) is 11.6. The van der Waals surface area contributed by atoms with E-state index in [9.17, 15) is 9.59 Å². The number of aryl methyl sites for hydroxylation is 1. The molecule has 108 valence electrons. The number of amides is 1. The smallest absolute Gasteiger partial charge is 0.306 e. The van der Waals surface area contributed by atoms with Gasteiger partial charge in [-0.15, -0.1) is 0 Å². The number of carbonyl (C=O) groups excluding carboxylic acids is 1. The zero-order chi connectivity index (χ0) is 14.5. The monoisotopic (exact) mass is 277 g/mol. The number of carboxylic acid groups (broad SMARTS) is 1. The van der Waals surface area contributed by atoms with Crippen LogP contribution in [-0.4, -0.2) is 30.1 Å². The van der Waals surface area contributed by atoms with Crippen molar-refractivity contribution >= 4 is 11.9 Å². The van der Waals surface area contributed by atoms with Crippen LogP contribution in [0.2, 0.25) is 0 Å². The fourth-order valence-electron chi connectivity index (χ4n) is 2.32. The van der Waals surface area contributed by atoms with Crippen molar-refractivity contribution in [3.63, 3.8) is 0 Å². The van der Waals surface area contributed by atoms with Crippen molar-refractivity contribution in [1.29, 1.82) is 0 Å². The molecule has 0 bridgehead atoms. The van der Waals surface area contributed by atoms with Gasteiger partial charge in [-0.2, -0.15) is 0 Å². The SMILES string of the molecule is COc1cccc(CCC(=O)NC2CC(C(=O)O)C2)c1. The Morgan fingerprint density at radius 3 is 2.80 bits per heavy atom. The van der Waals surface area contributed by atoms with Crippen molar-refractivity contribution in [2.45, 2.75) is 31.7 Å². The van der Waals surface area contributed by atoms with Crippen LogP contribution in [-0.2, 0) is 16.0 Å². The predicted molar refractivity (Wildman–Crippen MR) is 73.6 cm³/mol. The highest BCUT2D eigenvalue weighted by molar-refractivity contribution is 5.77. The third kappa shape index (κ3) is 3.73. The van der Waals surface area contributed by atoms with Gasteiger partial charge in [-0.05, 0) is 37.0 Å². The highest BCUT2D eigenvalue weighted by Gasteiger charge is 2.34. The molecule has 5 nitrogen and oxygen atoms in total. The number of hydrogen-bond acceptors (Lipinski definition) is 3. The molecule has 1 aliphatic carbocycles. The number of hydrogen-bond donors (Lipinski definition) is 2. The van der Waals surface area contributed by atoms with Crippen molar-refractivity contribution in [3.8, 4) is 5.75 Å². The minimum Gasteiger partial charge on any atom is -0.497 e. The van der Waals surface area contributed by atoms with Crippen LogP contribution in [0.4, 0.5) is 0 Å². The number of carboxylic acids is 1. The number of aliphatic carboxylic acids is 1. The van der Waals surface area contributed by atoms with E-state index in [-0.39, 0.29) is 17.9 Å². The molecule has 1 aliphatic rings. The fourth-order valence-corrected chi connectivity index (χ4v) is 2.32. The number of benzene rings is 1. The van der Waals surface area contributed by atoms with Gasteiger partial charge in [0.1, 0.15) is 5.75 Å². The summed E-state index contributed by atoms with van der Waals surface area (Å²) >= 11 is 0. The lowest BCUT2D eigenvalue weighted by Gasteiger charge is -2.32. The summed E-state index contributed by atoms with van der Waals surface area (Å²) in [6.45, 7) is 0. The Kier molecular flexibility index (Phi) is 4.61. The zero-order valence-electron chi connectivity index (χ0n) is 11.5. The van der Waals surface area contributed by atoms with Crippen molar-refractivity contribution < 1.29 is 19.4 Å². The predicted octanol–water partition coefficient (Wildman–Crippen LogP) is 1.61. The van der Waals surface area contributed by atoms with Crippen molar-refractivity contribution in [2.75, 3.05) is 7.11 Å². The Morgan fingerprint density at radius 1 is 1.40 bits per heavy atom. The summed E-state index contributed by atoms with van der Waals surface area (Å²) in [5.74, 6) is -0.307. The first-order valence-electron chi connectivity index (χ1n) is 6.73. The number of rotatable bonds is 6. The Morgan fingerprint density at radius 2 is 2.15 bits per heavy atom. The summed E-state index contributed by atoms with van der Waals surface area (Å²) in [5.41, 5.74) is 1.05. The van der Waals surface area contributed by atoms with Crippen LogP contribution in [0.15, 0.2) is 24.3 Å². The maximum atomic E-state index is 11.8. The number of ether oxygens (including phenoxy) is 1. The average Bonchev–Trinajstić information content (AvgIpc) is 2.40. The highest BCUT2D eigenvalue weighted by atomic mass is 16.5. The first-order chi connectivity index (χ1) is 9.58. The summed E-state index contributed by atoms with van der Waals surface area (Å²) in [7, 11) is 1.61. The van der Waals surface area contributed by atoms with E-state index in [1.807, 2.05) is 24.3 Å². The lowest BCUT2D eigenvalue weighted by Crippen LogP contribution is -2.46. The summed E-state index contributed by atoms with van der Waals surface area (Å²) in [6, 6.07) is 7.66. The van der Waals surface area contributed by atoms with Crippen molar-refractivity contribution in [2.24, 2.45) is 5.92 Å². The lowest BCUT2D eigenvalue weighted by atomic mass is 9.80. The van der Waals surface area contributed by atoms with Gasteiger partial charge in [-0.25, -0.2) is 0 Å². The van der Waals surface area contributed by atoms with Gasteiger partial charge in [0.05, 0.1) is 13.0 Å². The molecule has 0 saturated heterocycles. The average molecular weight is 277 g/mol. The van der Waals surface area contributed by atoms with Crippen LogP contribution in [0, 0.1) is 5.92 Å². The van der Waals surface area contributed by atoms with E-state index in [2.05, 4.69) is 5.32 Å². The molecule has 2 rings (SSSR count). The van der Waals surface area contributed by atoms with Crippen LogP contribution >= 0.6 is 0 Å². The molecular formula is C15H19NO4. The molecular weight excluding hydrogens is 258 g/mol. The van der Waals surface area contributed by atoms with E-state index >= 15 is 0 Å². The molecule has 5 heteroatoms. The van der Waals surface area contributed by atoms with Gasteiger partial charge in [0.25, 0.3) is 0 Å². The molecule has 0 spiro atoms. The normalized spacial score (nSPS) is 20.9. The second kappa shape index (κ2) is 6.41. The van der Waals surface area contributed by atoms with Gasteiger partial charge >= 0.3 is 5.97 Å². The second-order valence-corrected chi connectivity index (χ2v) is 5.12. The molecule has 0 unspecified atom stereocenters. The van der Waals surface area contributed by atoms with Crippen LogP contribution < -0.4 is 10.1 Å². The van der Waals surface area contributed by atoms with Crippen LogP contribution in [0.1, 0.15) is 24.8 Å². The highest BCUT2D eigenvalue weighted by Crippen LogP contribution is 2.27. The maximum absolute atomic E-state index is 11.8. The third-order valence-corrected chi connectivity index (χ3v) is 3.63. The van der Waals surface area contributed by atoms with Gasteiger partial charge in [0.15, 0.2) is 0 Å². The Labute approximate surface area is 117 Å². The van der Waals surface area contributed by atoms with Crippen molar-refractivity contribution in [3.05, 3.63) is 29.8 Å². The molecule has 1 saturated carbocycles. The Balaban J connectivity index is 1.71. The number of nitrogens with one attached hydrogen (secondary N) is 1. The lowest BCUT2D eigenvalue weighted by molar-refractivity contribution is -0.146. The molecule has 0 aromatic heterocycles. The molecule has 2 N–H and O–H groups in total. The summed E-state index contributed by atoms with van der Waals surface area (Å²) < 4.78 is 5.13. The first kappa shape index (κ1) is 14.4. The quantitative estimate of drug-likeness (QED) is 0.828. The van der Waals surface area contributed by atoms with Gasteiger partial charge < -0.3 is 15.2 Å². The zero-order valence-corrected chi connectivity index (χ0v) is 11.5. The Bertz CT molecular complexity index is 494. The second-order valence-electron chi connectivity index (χ2n) is 5.12. The molecule has 1 aromatic rings. The van der Waals surface area contributed by atoms with Crippen LogP contribution in [0.3, 0.4) is 0 Å². The molecule has 1 aromatic carbocycles. The molecule has 0 heterocycles. The van der Waals surface area contributed by atoms with Crippen LogP contribution in [0.25, 0.3) is 0 Å². The van der Waals surface area contributed by atoms with E-state index in [0.29, 0.717) is 25.7 Å². The standard InChI is InChI=1S/C15H19NO4/c1-20-13-4-2-3-10(7-13)5-6-14(17)16-12-8-11(9-12)15(18)19/h2-4,7,11-12H,5-6,8-9H2,1H3,(H,16,17)(H,18,19). The third-order valence-electron chi connectivity index (χ3n) is 3.63. The fraction of sp³-hybridized carbons (Fsp3) is 0.467. The molecule has 0 radical (unpaired) electrons. The molecule has 20 heavy (non-hydrogen) atoms.